The van der Waals surface area contributed by atoms with Gasteiger partial charge in [0.05, 0.1) is 34.8 Å². The minimum Gasteiger partial charge on any atom is -0.465 e. The van der Waals surface area contributed by atoms with Gasteiger partial charge in [0.1, 0.15) is 10.7 Å². The van der Waals surface area contributed by atoms with Crippen molar-refractivity contribution in [2.24, 2.45) is 4.99 Å². The topological polar surface area (TPSA) is 110 Å². The smallest absolute Gasteiger partial charge is 0.337 e. The number of rotatable bonds is 3. The number of ketones is 1. The van der Waals surface area contributed by atoms with E-state index in [0.29, 0.717) is 66.3 Å². The zero-order valence-corrected chi connectivity index (χ0v) is 21.0. The summed E-state index contributed by atoms with van der Waals surface area (Å²) in [4.78, 5) is 48.1. The zero-order valence-electron chi connectivity index (χ0n) is 19.3. The van der Waals surface area contributed by atoms with Crippen molar-refractivity contribution in [1.82, 2.24) is 15.6 Å². The number of nitrogens with zero attached hydrogens (tertiary/aromatic N) is 2. The van der Waals surface area contributed by atoms with Crippen LogP contribution in [0, 0.1) is 6.92 Å². The zero-order chi connectivity index (χ0) is 24.4. The van der Waals surface area contributed by atoms with Crippen molar-refractivity contribution in [2.45, 2.75) is 46.0 Å². The number of esters is 1. The lowest BCUT2D eigenvalue weighted by Gasteiger charge is -2.11. The van der Waals surface area contributed by atoms with Crippen LogP contribution in [0.4, 0.5) is 5.69 Å². The molecule has 178 valence electrons. The second-order valence-electron chi connectivity index (χ2n) is 8.08. The number of carbonyl (C=O) groups excluding carboxylic acids is 3. The van der Waals surface area contributed by atoms with Crippen LogP contribution in [0.15, 0.2) is 17.1 Å². The van der Waals surface area contributed by atoms with E-state index < -0.39 is 5.97 Å². The van der Waals surface area contributed by atoms with Crippen molar-refractivity contribution in [3.05, 3.63) is 43.7 Å². The molecule has 0 spiro atoms. The highest BCUT2D eigenvalue weighted by molar-refractivity contribution is 7.90. The molecule has 8 nitrogen and oxygen atoms in total. The van der Waals surface area contributed by atoms with Gasteiger partial charge in [-0.05, 0) is 48.4 Å². The van der Waals surface area contributed by atoms with Crippen LogP contribution < -0.4 is 21.1 Å². The predicted octanol–water partition coefficient (Wildman–Crippen LogP) is 2.15. The summed E-state index contributed by atoms with van der Waals surface area (Å²) in [5.74, 6) is -0.286. The largest absolute Gasteiger partial charge is 0.465 e. The molecule has 0 aliphatic carbocycles. The Balaban J connectivity index is 1.86. The number of amides is 1. The molecule has 0 atom stereocenters. The second-order valence-corrected chi connectivity index (χ2v) is 9.82. The number of thiazole rings is 1. The molecule has 0 unspecified atom stereocenters. The number of hydrogen-bond donors (Lipinski definition) is 3. The summed E-state index contributed by atoms with van der Waals surface area (Å²) in [6.07, 6.45) is 2.72. The van der Waals surface area contributed by atoms with E-state index in [2.05, 4.69) is 20.6 Å². The lowest BCUT2D eigenvalue weighted by molar-refractivity contribution is -0.119. The molecule has 0 radical (unpaired) electrons. The SMILES string of the molecule is CCc1nc(C)sc1C(=O)NC1=Nc2cc(C(=O)OC)c/c3c2=C1NCCC(=O)CCC/C=3S. The summed E-state index contributed by atoms with van der Waals surface area (Å²) in [6.45, 7) is 4.23. The molecule has 10 heteroatoms. The van der Waals surface area contributed by atoms with E-state index in [-0.39, 0.29) is 11.7 Å². The Bertz CT molecular complexity index is 1340. The minimum atomic E-state index is -0.486. The van der Waals surface area contributed by atoms with Gasteiger partial charge in [-0.2, -0.15) is 0 Å². The van der Waals surface area contributed by atoms with Crippen LogP contribution in [0.2, 0.25) is 0 Å². The Kier molecular flexibility index (Phi) is 7.18. The Labute approximate surface area is 206 Å². The Hall–Kier alpha value is -2.98. The van der Waals surface area contributed by atoms with Crippen molar-refractivity contribution in [2.75, 3.05) is 13.7 Å². The Morgan fingerprint density at radius 1 is 1.26 bits per heavy atom. The van der Waals surface area contributed by atoms with Gasteiger partial charge >= 0.3 is 5.97 Å². The van der Waals surface area contributed by atoms with Crippen LogP contribution in [-0.4, -0.2) is 42.1 Å². The maximum atomic E-state index is 13.2. The molecule has 0 saturated carbocycles. The van der Waals surface area contributed by atoms with Crippen molar-refractivity contribution >= 4 is 63.8 Å². The van der Waals surface area contributed by atoms with Crippen LogP contribution in [-0.2, 0) is 16.0 Å². The number of thiol groups is 1. The number of amidine groups is 1. The fourth-order valence-electron chi connectivity index (χ4n) is 4.09. The van der Waals surface area contributed by atoms with E-state index in [9.17, 15) is 14.4 Å². The third-order valence-corrected chi connectivity index (χ3v) is 7.20. The highest BCUT2D eigenvalue weighted by Crippen LogP contribution is 2.21. The van der Waals surface area contributed by atoms with Crippen molar-refractivity contribution in [1.29, 1.82) is 0 Å². The first-order valence-corrected chi connectivity index (χ1v) is 12.4. The first-order valence-electron chi connectivity index (χ1n) is 11.1. The molecular formula is C24H26N4O4S2. The maximum Gasteiger partial charge on any atom is 0.337 e. The summed E-state index contributed by atoms with van der Waals surface area (Å²) in [5, 5.41) is 8.53. The third kappa shape index (κ3) is 4.78. The van der Waals surface area contributed by atoms with Crippen LogP contribution >= 0.6 is 24.0 Å². The van der Waals surface area contributed by atoms with E-state index in [1.165, 1.54) is 18.4 Å². The van der Waals surface area contributed by atoms with E-state index in [4.69, 9.17) is 17.4 Å². The van der Waals surface area contributed by atoms with Crippen molar-refractivity contribution < 1.29 is 19.1 Å². The lowest BCUT2D eigenvalue weighted by Crippen LogP contribution is -2.40. The van der Waals surface area contributed by atoms with Crippen LogP contribution in [0.1, 0.15) is 63.3 Å². The van der Waals surface area contributed by atoms with Gasteiger partial charge in [0.25, 0.3) is 5.91 Å². The number of Topliss-reactive ketones (excluding diaryl/α,β-unsaturated/α-hetero) is 1. The number of methoxy groups -OCH3 is 1. The fourth-order valence-corrected chi connectivity index (χ4v) is 5.33. The number of aromatic nitrogens is 1. The summed E-state index contributed by atoms with van der Waals surface area (Å²) < 4.78 is 4.92. The standard InChI is InChI=1S/C24H26N4O4S2/c1-4-16-21(34-12(2)26-16)23(30)28-22-20-19-15(10-13(24(31)32-3)11-17(19)27-22)18(33)7-5-6-14(29)8-9-25-20/h10-11,25,33H,4-9H2,1-3H3,(H,27,28,30)/b18-15-. The highest BCUT2D eigenvalue weighted by Gasteiger charge is 2.25. The van der Waals surface area contributed by atoms with E-state index in [1.54, 1.807) is 12.1 Å². The fraction of sp³-hybridized carbons (Fsp3) is 0.375. The average molecular weight is 499 g/mol. The molecular weight excluding hydrogens is 472 g/mol. The average Bonchev–Trinajstić information content (AvgIpc) is 3.36. The molecule has 2 aliphatic rings. The molecule has 4 rings (SSSR count). The molecule has 1 aromatic heterocycles. The van der Waals surface area contributed by atoms with E-state index in [0.717, 1.165) is 26.0 Å². The van der Waals surface area contributed by atoms with Gasteiger partial charge in [0.15, 0.2) is 5.84 Å². The monoisotopic (exact) mass is 498 g/mol. The first kappa shape index (κ1) is 24.2. The highest BCUT2D eigenvalue weighted by atomic mass is 32.1. The number of aliphatic imine (C=N–C) groups is 1. The van der Waals surface area contributed by atoms with Crippen molar-refractivity contribution in [3.8, 4) is 0 Å². The molecule has 2 N–H and O–H groups in total. The molecule has 1 amide bonds. The van der Waals surface area contributed by atoms with E-state index >= 15 is 0 Å². The van der Waals surface area contributed by atoms with Gasteiger partial charge in [-0.25, -0.2) is 14.8 Å². The van der Waals surface area contributed by atoms with Gasteiger partial charge < -0.3 is 15.4 Å². The quantitative estimate of drug-likeness (QED) is 0.442. The summed E-state index contributed by atoms with van der Waals surface area (Å²) in [6, 6.07) is 3.38. The molecule has 0 fully saturated rings. The molecule has 0 bridgehead atoms. The molecule has 1 aromatic carbocycles. The Morgan fingerprint density at radius 2 is 2.06 bits per heavy atom. The number of carbonyl (C=O) groups is 3. The molecule has 34 heavy (non-hydrogen) atoms. The number of benzene rings is 1. The van der Waals surface area contributed by atoms with Gasteiger partial charge in [-0.1, -0.05) is 6.92 Å². The van der Waals surface area contributed by atoms with Gasteiger partial charge in [0.2, 0.25) is 0 Å². The van der Waals surface area contributed by atoms with Gasteiger partial charge in [0, 0.05) is 24.6 Å². The first-order chi connectivity index (χ1) is 16.3. The molecule has 2 aliphatic heterocycles. The number of aryl methyl sites for hydroxylation is 2. The summed E-state index contributed by atoms with van der Waals surface area (Å²) in [7, 11) is 1.32. The molecule has 0 saturated heterocycles. The van der Waals surface area contributed by atoms with E-state index in [1.807, 2.05) is 13.8 Å². The van der Waals surface area contributed by atoms with Crippen LogP contribution in [0.3, 0.4) is 0 Å². The molecule has 2 aromatic rings. The summed E-state index contributed by atoms with van der Waals surface area (Å²) >= 11 is 6.05. The maximum absolute atomic E-state index is 13.2. The number of ether oxygens (including phenoxy) is 1. The second kappa shape index (κ2) is 10.1. The summed E-state index contributed by atoms with van der Waals surface area (Å²) in [5.41, 5.74) is 2.22. The Morgan fingerprint density at radius 3 is 2.79 bits per heavy atom. The van der Waals surface area contributed by atoms with Gasteiger partial charge in [-0.15, -0.1) is 24.0 Å². The third-order valence-electron chi connectivity index (χ3n) is 5.72. The predicted molar refractivity (Wildman–Crippen MR) is 135 cm³/mol. The van der Waals surface area contributed by atoms with Gasteiger partial charge in [-0.3, -0.25) is 9.59 Å². The number of hydrogen-bond acceptors (Lipinski definition) is 9. The van der Waals surface area contributed by atoms with Crippen LogP contribution in [0.5, 0.6) is 0 Å². The van der Waals surface area contributed by atoms with Crippen molar-refractivity contribution in [3.63, 3.8) is 0 Å². The lowest BCUT2D eigenvalue weighted by atomic mass is 10.1. The van der Waals surface area contributed by atoms with Crippen LogP contribution in [0.25, 0.3) is 10.6 Å². The number of nitrogens with one attached hydrogen (secondary N) is 2. The molecule has 3 heterocycles. The minimum absolute atomic E-state index is 0.156. The normalized spacial score (nSPS) is 17.4.